The van der Waals surface area contributed by atoms with Crippen LogP contribution in [0.4, 0.5) is 0 Å². The van der Waals surface area contributed by atoms with Gasteiger partial charge in [-0.15, -0.1) is 0 Å². The van der Waals surface area contributed by atoms with E-state index in [4.69, 9.17) is 4.74 Å². The Hall–Kier alpha value is -1.83. The summed E-state index contributed by atoms with van der Waals surface area (Å²) in [7, 11) is 1.71. The summed E-state index contributed by atoms with van der Waals surface area (Å²) >= 11 is 0. The molecule has 2 aromatic carbocycles. The van der Waals surface area contributed by atoms with Crippen LogP contribution in [0.15, 0.2) is 30.3 Å². The molecule has 2 aliphatic rings. The van der Waals surface area contributed by atoms with Crippen molar-refractivity contribution in [1.82, 2.24) is 0 Å². The molecule has 1 saturated carbocycles. The zero-order chi connectivity index (χ0) is 15.3. The number of hydrogen-bond donors (Lipinski definition) is 0. The fourth-order valence-electron chi connectivity index (χ4n) is 4.64. The molecular formula is C20H22O2. The number of aryl methyl sites for hydroxylation is 1. The van der Waals surface area contributed by atoms with E-state index in [9.17, 15) is 4.79 Å². The third kappa shape index (κ3) is 1.97. The average molecular weight is 294 g/mol. The number of benzene rings is 2. The summed E-state index contributed by atoms with van der Waals surface area (Å²) in [6, 6.07) is 10.9. The van der Waals surface area contributed by atoms with E-state index in [1.807, 2.05) is 0 Å². The average Bonchev–Trinajstić information content (AvgIpc) is 2.52. The van der Waals surface area contributed by atoms with E-state index in [2.05, 4.69) is 37.3 Å². The zero-order valence-corrected chi connectivity index (χ0v) is 13.3. The van der Waals surface area contributed by atoms with Crippen LogP contribution in [0.2, 0.25) is 0 Å². The third-order valence-corrected chi connectivity index (χ3v) is 5.85. The van der Waals surface area contributed by atoms with Crippen molar-refractivity contribution in [2.45, 2.75) is 44.9 Å². The van der Waals surface area contributed by atoms with E-state index in [-0.39, 0.29) is 5.41 Å². The first-order valence-corrected chi connectivity index (χ1v) is 8.22. The van der Waals surface area contributed by atoms with Crippen LogP contribution < -0.4 is 4.74 Å². The highest BCUT2D eigenvalue weighted by Crippen LogP contribution is 2.53. The van der Waals surface area contributed by atoms with Crippen molar-refractivity contribution >= 4 is 16.6 Å². The summed E-state index contributed by atoms with van der Waals surface area (Å²) in [5.41, 5.74) is 3.15. The van der Waals surface area contributed by atoms with Crippen molar-refractivity contribution in [2.75, 3.05) is 7.11 Å². The van der Waals surface area contributed by atoms with Gasteiger partial charge in [0.25, 0.3) is 0 Å². The van der Waals surface area contributed by atoms with Crippen molar-refractivity contribution in [2.24, 2.45) is 5.41 Å². The molecular weight excluding hydrogens is 272 g/mol. The lowest BCUT2D eigenvalue weighted by molar-refractivity contribution is -0.124. The molecule has 22 heavy (non-hydrogen) atoms. The fraction of sp³-hybridized carbons (Fsp3) is 0.450. The predicted octanol–water partition coefficient (Wildman–Crippen LogP) is 4.64. The topological polar surface area (TPSA) is 26.3 Å². The van der Waals surface area contributed by atoms with E-state index in [0.29, 0.717) is 11.7 Å². The van der Waals surface area contributed by atoms with Crippen molar-refractivity contribution in [1.29, 1.82) is 0 Å². The lowest BCUT2D eigenvalue weighted by Gasteiger charge is -2.45. The number of fused-ring (bicyclic) bond motifs is 5. The SMILES string of the molecule is COc1ccc2c3c(ccc2c1)C1CCC(=O)CC1(C)CC3. The standard InChI is InChI=1S/C20H22O2/c1-20-10-9-17-16-7-5-15(22-2)11-13(16)3-6-18(17)19(20)8-4-14(21)12-20/h3,5-7,11,19H,4,8-10,12H2,1-2H3. The smallest absolute Gasteiger partial charge is 0.133 e. The molecule has 2 aromatic rings. The number of ketones is 1. The van der Waals surface area contributed by atoms with Crippen LogP contribution in [0.25, 0.3) is 10.8 Å². The fourth-order valence-corrected chi connectivity index (χ4v) is 4.64. The molecule has 1 fully saturated rings. The number of Topliss-reactive ketones (excluding diaryl/α,β-unsaturated/α-hetero) is 1. The second-order valence-electron chi connectivity index (χ2n) is 7.18. The van der Waals surface area contributed by atoms with Gasteiger partial charge in [-0.25, -0.2) is 0 Å². The summed E-state index contributed by atoms with van der Waals surface area (Å²) < 4.78 is 5.34. The van der Waals surface area contributed by atoms with Crippen LogP contribution in [0.3, 0.4) is 0 Å². The Balaban J connectivity index is 1.85. The Bertz CT molecular complexity index is 762. The molecule has 0 spiro atoms. The molecule has 0 aromatic heterocycles. The van der Waals surface area contributed by atoms with Crippen molar-refractivity contribution < 1.29 is 9.53 Å². The number of hydrogen-bond acceptors (Lipinski definition) is 2. The molecule has 0 amide bonds. The van der Waals surface area contributed by atoms with Gasteiger partial charge in [0, 0.05) is 12.8 Å². The highest BCUT2D eigenvalue weighted by atomic mass is 16.5. The molecule has 0 saturated heterocycles. The van der Waals surface area contributed by atoms with E-state index >= 15 is 0 Å². The van der Waals surface area contributed by atoms with Gasteiger partial charge in [0.05, 0.1) is 7.11 Å². The summed E-state index contributed by atoms with van der Waals surface area (Å²) in [5, 5.41) is 2.62. The lowest BCUT2D eigenvalue weighted by Crippen LogP contribution is -2.37. The first kappa shape index (κ1) is 13.8. The summed E-state index contributed by atoms with van der Waals surface area (Å²) in [4.78, 5) is 11.9. The molecule has 0 N–H and O–H groups in total. The van der Waals surface area contributed by atoms with Gasteiger partial charge in [-0.2, -0.15) is 0 Å². The van der Waals surface area contributed by atoms with Gasteiger partial charge in [0.15, 0.2) is 0 Å². The van der Waals surface area contributed by atoms with Crippen LogP contribution in [0.1, 0.15) is 49.7 Å². The van der Waals surface area contributed by atoms with Crippen LogP contribution in [0.5, 0.6) is 5.75 Å². The van der Waals surface area contributed by atoms with Crippen molar-refractivity contribution in [3.63, 3.8) is 0 Å². The second-order valence-corrected chi connectivity index (χ2v) is 7.18. The lowest BCUT2D eigenvalue weighted by atomic mass is 9.58. The van der Waals surface area contributed by atoms with Gasteiger partial charge in [-0.1, -0.05) is 25.1 Å². The van der Waals surface area contributed by atoms with Crippen molar-refractivity contribution in [3.8, 4) is 5.75 Å². The minimum Gasteiger partial charge on any atom is -0.497 e. The van der Waals surface area contributed by atoms with Gasteiger partial charge < -0.3 is 4.74 Å². The first-order valence-electron chi connectivity index (χ1n) is 8.22. The quantitative estimate of drug-likeness (QED) is 0.766. The van der Waals surface area contributed by atoms with Crippen LogP contribution in [-0.4, -0.2) is 12.9 Å². The summed E-state index contributed by atoms with van der Waals surface area (Å²) in [6.07, 6.45) is 4.74. The van der Waals surface area contributed by atoms with E-state index in [0.717, 1.165) is 37.9 Å². The first-order chi connectivity index (χ1) is 10.6. The number of rotatable bonds is 1. The largest absolute Gasteiger partial charge is 0.497 e. The summed E-state index contributed by atoms with van der Waals surface area (Å²) in [6.45, 7) is 2.32. The summed E-state index contributed by atoms with van der Waals surface area (Å²) in [5.74, 6) is 1.91. The Kier molecular flexibility index (Phi) is 3.04. The molecule has 2 nitrogen and oxygen atoms in total. The van der Waals surface area contributed by atoms with Gasteiger partial charge >= 0.3 is 0 Å². The van der Waals surface area contributed by atoms with E-state index in [1.165, 1.54) is 21.9 Å². The molecule has 114 valence electrons. The minimum absolute atomic E-state index is 0.169. The Morgan fingerprint density at radius 2 is 2.05 bits per heavy atom. The highest BCUT2D eigenvalue weighted by Gasteiger charge is 2.43. The molecule has 0 bridgehead atoms. The van der Waals surface area contributed by atoms with Crippen molar-refractivity contribution in [3.05, 3.63) is 41.5 Å². The van der Waals surface area contributed by atoms with Crippen LogP contribution >= 0.6 is 0 Å². The second kappa shape index (κ2) is 4.84. The maximum Gasteiger partial charge on any atom is 0.133 e. The van der Waals surface area contributed by atoms with Gasteiger partial charge in [-0.05, 0) is 64.6 Å². The highest BCUT2D eigenvalue weighted by molar-refractivity contribution is 5.89. The maximum atomic E-state index is 11.9. The number of carbonyl (C=O) groups is 1. The monoisotopic (exact) mass is 294 g/mol. The molecule has 4 rings (SSSR count). The zero-order valence-electron chi connectivity index (χ0n) is 13.3. The van der Waals surface area contributed by atoms with Crippen LogP contribution in [-0.2, 0) is 11.2 Å². The molecule has 2 atom stereocenters. The van der Waals surface area contributed by atoms with Gasteiger partial charge in [0.2, 0.25) is 0 Å². The number of methoxy groups -OCH3 is 1. The Morgan fingerprint density at radius 1 is 1.18 bits per heavy atom. The van der Waals surface area contributed by atoms with Gasteiger partial charge in [0.1, 0.15) is 11.5 Å². The number of carbonyl (C=O) groups excluding carboxylic acids is 1. The maximum absolute atomic E-state index is 11.9. The molecule has 0 aliphatic heterocycles. The van der Waals surface area contributed by atoms with E-state index < -0.39 is 0 Å². The number of ether oxygens (including phenoxy) is 1. The minimum atomic E-state index is 0.169. The Morgan fingerprint density at radius 3 is 2.86 bits per heavy atom. The van der Waals surface area contributed by atoms with Crippen LogP contribution in [0, 0.1) is 5.41 Å². The molecule has 0 heterocycles. The Labute approximate surface area is 131 Å². The predicted molar refractivity (Wildman–Crippen MR) is 88.5 cm³/mol. The third-order valence-electron chi connectivity index (χ3n) is 5.85. The molecule has 2 unspecified atom stereocenters. The molecule has 0 radical (unpaired) electrons. The molecule has 2 heteroatoms. The molecule has 2 aliphatic carbocycles. The van der Waals surface area contributed by atoms with E-state index in [1.54, 1.807) is 7.11 Å². The van der Waals surface area contributed by atoms with Gasteiger partial charge in [-0.3, -0.25) is 4.79 Å². The normalized spacial score (nSPS) is 27.4.